The van der Waals surface area contributed by atoms with Crippen LogP contribution >= 0.6 is 0 Å². The highest BCUT2D eigenvalue weighted by molar-refractivity contribution is 7.90. The van der Waals surface area contributed by atoms with Gasteiger partial charge in [0.2, 0.25) is 20.0 Å². The maximum atomic E-state index is 13.2. The SMILES string of the molecule is Cc1ccc(S(=O)(=O)N2CCN(S(=O)(=O)c3ccccc3)[C@H]2C(C)C)cc1. The van der Waals surface area contributed by atoms with E-state index in [9.17, 15) is 16.8 Å². The molecule has 0 bridgehead atoms. The number of benzene rings is 2. The molecule has 2 aromatic carbocycles. The molecule has 2 aromatic rings. The highest BCUT2D eigenvalue weighted by Gasteiger charge is 2.46. The van der Waals surface area contributed by atoms with Crippen LogP contribution in [0.25, 0.3) is 0 Å². The van der Waals surface area contributed by atoms with Crippen LogP contribution in [0.3, 0.4) is 0 Å². The lowest BCUT2D eigenvalue weighted by molar-refractivity contribution is 0.219. The van der Waals surface area contributed by atoms with Crippen LogP contribution in [0.2, 0.25) is 0 Å². The van der Waals surface area contributed by atoms with Gasteiger partial charge in [0.05, 0.1) is 16.0 Å². The highest BCUT2D eigenvalue weighted by atomic mass is 32.2. The molecule has 0 saturated carbocycles. The lowest BCUT2D eigenvalue weighted by atomic mass is 10.2. The molecule has 0 spiro atoms. The average Bonchev–Trinajstić information content (AvgIpc) is 3.10. The van der Waals surface area contributed by atoms with Crippen molar-refractivity contribution in [3.8, 4) is 0 Å². The molecule has 0 N–H and O–H groups in total. The van der Waals surface area contributed by atoms with E-state index in [1.165, 1.54) is 20.7 Å². The fourth-order valence-electron chi connectivity index (χ4n) is 3.37. The van der Waals surface area contributed by atoms with Crippen LogP contribution in [0.1, 0.15) is 19.4 Å². The van der Waals surface area contributed by atoms with Crippen molar-refractivity contribution in [1.82, 2.24) is 8.61 Å². The maximum Gasteiger partial charge on any atom is 0.244 e. The van der Waals surface area contributed by atoms with E-state index in [0.717, 1.165) is 5.56 Å². The van der Waals surface area contributed by atoms with Gasteiger partial charge in [0, 0.05) is 13.1 Å². The van der Waals surface area contributed by atoms with Gasteiger partial charge in [-0.25, -0.2) is 16.8 Å². The Bertz CT molecular complexity index is 1000. The molecule has 1 atom stereocenters. The second-order valence-corrected chi connectivity index (χ2v) is 10.8. The predicted molar refractivity (Wildman–Crippen MR) is 104 cm³/mol. The standard InChI is InChI=1S/C19H24N2O4S2/c1-15(2)19-20(26(22,23)17-7-5-4-6-8-17)13-14-21(19)27(24,25)18-11-9-16(3)10-12-18/h4-12,15,19H,13-14H2,1-3H3/t19-/m1/s1. The molecule has 1 aliphatic heterocycles. The monoisotopic (exact) mass is 408 g/mol. The molecule has 1 heterocycles. The zero-order valence-electron chi connectivity index (χ0n) is 15.6. The van der Waals surface area contributed by atoms with Gasteiger partial charge >= 0.3 is 0 Å². The Morgan fingerprint density at radius 2 is 1.22 bits per heavy atom. The molecule has 1 saturated heterocycles. The summed E-state index contributed by atoms with van der Waals surface area (Å²) in [5.74, 6) is -0.203. The van der Waals surface area contributed by atoms with Crippen LogP contribution < -0.4 is 0 Å². The Morgan fingerprint density at radius 1 is 0.778 bits per heavy atom. The molecule has 0 unspecified atom stereocenters. The first-order chi connectivity index (χ1) is 12.7. The van der Waals surface area contributed by atoms with Gasteiger partial charge in [-0.15, -0.1) is 0 Å². The lowest BCUT2D eigenvalue weighted by Crippen LogP contribution is -2.47. The molecule has 146 valence electrons. The quantitative estimate of drug-likeness (QED) is 0.762. The summed E-state index contributed by atoms with van der Waals surface area (Å²) in [6, 6.07) is 14.7. The fraction of sp³-hybridized carbons (Fsp3) is 0.368. The van der Waals surface area contributed by atoms with E-state index in [1.807, 2.05) is 20.8 Å². The van der Waals surface area contributed by atoms with Gasteiger partial charge in [-0.2, -0.15) is 8.61 Å². The van der Waals surface area contributed by atoms with Crippen molar-refractivity contribution < 1.29 is 16.8 Å². The second kappa shape index (κ2) is 7.35. The molecule has 1 fully saturated rings. The average molecular weight is 409 g/mol. The number of hydrogen-bond donors (Lipinski definition) is 0. The van der Waals surface area contributed by atoms with Crippen molar-refractivity contribution in [3.05, 3.63) is 60.2 Å². The molecular weight excluding hydrogens is 384 g/mol. The summed E-state index contributed by atoms with van der Waals surface area (Å²) >= 11 is 0. The molecule has 3 rings (SSSR count). The molecule has 0 radical (unpaired) electrons. The van der Waals surface area contributed by atoms with E-state index >= 15 is 0 Å². The van der Waals surface area contributed by atoms with Crippen LogP contribution in [-0.4, -0.2) is 44.7 Å². The number of aryl methyl sites for hydroxylation is 1. The molecular formula is C19H24N2O4S2. The van der Waals surface area contributed by atoms with Crippen molar-refractivity contribution in [3.63, 3.8) is 0 Å². The Labute approximate surface area is 161 Å². The van der Waals surface area contributed by atoms with Crippen LogP contribution in [0.15, 0.2) is 64.4 Å². The van der Waals surface area contributed by atoms with E-state index in [-0.39, 0.29) is 28.8 Å². The van der Waals surface area contributed by atoms with Crippen molar-refractivity contribution in [2.24, 2.45) is 5.92 Å². The van der Waals surface area contributed by atoms with E-state index < -0.39 is 26.2 Å². The minimum atomic E-state index is -3.80. The number of sulfonamides is 2. The van der Waals surface area contributed by atoms with Crippen molar-refractivity contribution in [1.29, 1.82) is 0 Å². The highest BCUT2D eigenvalue weighted by Crippen LogP contribution is 2.32. The third-order valence-corrected chi connectivity index (χ3v) is 8.47. The first-order valence-electron chi connectivity index (χ1n) is 8.81. The summed E-state index contributed by atoms with van der Waals surface area (Å²) in [5.41, 5.74) is 0.962. The third-order valence-electron chi connectivity index (χ3n) is 4.70. The zero-order chi connectivity index (χ0) is 19.8. The molecule has 0 amide bonds. The number of rotatable bonds is 5. The lowest BCUT2D eigenvalue weighted by Gasteiger charge is -2.32. The summed E-state index contributed by atoms with van der Waals surface area (Å²) in [7, 11) is -7.59. The Balaban J connectivity index is 2.01. The molecule has 1 aliphatic rings. The van der Waals surface area contributed by atoms with Crippen molar-refractivity contribution in [2.45, 2.75) is 36.7 Å². The molecule has 27 heavy (non-hydrogen) atoms. The minimum absolute atomic E-state index is 0.130. The minimum Gasteiger partial charge on any atom is -0.207 e. The van der Waals surface area contributed by atoms with Gasteiger partial charge in [0.25, 0.3) is 0 Å². The van der Waals surface area contributed by atoms with Gasteiger partial charge in [-0.3, -0.25) is 0 Å². The van der Waals surface area contributed by atoms with Gasteiger partial charge in [-0.1, -0.05) is 49.7 Å². The Kier molecular flexibility index (Phi) is 5.45. The summed E-state index contributed by atoms with van der Waals surface area (Å²) in [6.07, 6.45) is -0.762. The second-order valence-electron chi connectivity index (χ2n) is 7.02. The molecule has 6 nitrogen and oxygen atoms in total. The van der Waals surface area contributed by atoms with Crippen molar-refractivity contribution >= 4 is 20.0 Å². The largest absolute Gasteiger partial charge is 0.244 e. The first kappa shape index (κ1) is 20.0. The van der Waals surface area contributed by atoms with Gasteiger partial charge in [0.15, 0.2) is 0 Å². The predicted octanol–water partition coefficient (Wildman–Crippen LogP) is 2.67. The number of nitrogens with zero attached hydrogens (tertiary/aromatic N) is 2. The van der Waals surface area contributed by atoms with Crippen molar-refractivity contribution in [2.75, 3.05) is 13.1 Å². The zero-order valence-corrected chi connectivity index (χ0v) is 17.2. The van der Waals surface area contributed by atoms with E-state index in [0.29, 0.717) is 0 Å². The smallest absolute Gasteiger partial charge is 0.207 e. The summed E-state index contributed by atoms with van der Waals surface area (Å²) in [5, 5.41) is 0. The Hall–Kier alpha value is -1.74. The van der Waals surface area contributed by atoms with Crippen LogP contribution in [-0.2, 0) is 20.0 Å². The van der Waals surface area contributed by atoms with Crippen LogP contribution in [0.5, 0.6) is 0 Å². The van der Waals surface area contributed by atoms with Gasteiger partial charge in [-0.05, 0) is 37.1 Å². The summed E-state index contributed by atoms with van der Waals surface area (Å²) in [6.45, 7) is 5.82. The molecule has 8 heteroatoms. The van der Waals surface area contributed by atoms with E-state index in [4.69, 9.17) is 0 Å². The first-order valence-corrected chi connectivity index (χ1v) is 11.7. The van der Waals surface area contributed by atoms with E-state index in [2.05, 4.69) is 0 Å². The maximum absolute atomic E-state index is 13.2. The third kappa shape index (κ3) is 3.67. The van der Waals surface area contributed by atoms with Gasteiger partial charge < -0.3 is 0 Å². The van der Waals surface area contributed by atoms with Gasteiger partial charge in [0.1, 0.15) is 0 Å². The summed E-state index contributed by atoms with van der Waals surface area (Å²) in [4.78, 5) is 0.350. The van der Waals surface area contributed by atoms with E-state index in [1.54, 1.807) is 42.5 Å². The Morgan fingerprint density at radius 3 is 1.67 bits per heavy atom. The topological polar surface area (TPSA) is 74.8 Å². The molecule has 0 aliphatic carbocycles. The summed E-state index contributed by atoms with van der Waals surface area (Å²) < 4.78 is 55.2. The van der Waals surface area contributed by atoms with Crippen LogP contribution in [0.4, 0.5) is 0 Å². The normalized spacial score (nSPS) is 19.6. The van der Waals surface area contributed by atoms with Crippen LogP contribution in [0, 0.1) is 12.8 Å². The molecule has 0 aromatic heterocycles. The fourth-order valence-corrected chi connectivity index (χ4v) is 6.88. The number of hydrogen-bond acceptors (Lipinski definition) is 4.